The molecular formula is C25H25FN4O. The normalized spacial score (nSPS) is 20.2. The van der Waals surface area contributed by atoms with Crippen molar-refractivity contribution in [3.63, 3.8) is 0 Å². The fourth-order valence-electron chi connectivity index (χ4n) is 5.04. The van der Waals surface area contributed by atoms with Gasteiger partial charge in [-0.2, -0.15) is 0 Å². The van der Waals surface area contributed by atoms with Crippen LogP contribution in [0, 0.1) is 11.7 Å². The Morgan fingerprint density at radius 2 is 1.90 bits per heavy atom. The van der Waals surface area contributed by atoms with Crippen molar-refractivity contribution in [1.29, 1.82) is 0 Å². The van der Waals surface area contributed by atoms with Crippen molar-refractivity contribution in [3.05, 3.63) is 71.4 Å². The molecule has 1 fully saturated rings. The number of carbonyl (C=O) groups is 1. The van der Waals surface area contributed by atoms with Crippen LogP contribution in [0.5, 0.6) is 0 Å². The molecule has 0 unspecified atom stereocenters. The summed E-state index contributed by atoms with van der Waals surface area (Å²) in [6.07, 6.45) is 6.15. The van der Waals surface area contributed by atoms with E-state index in [-0.39, 0.29) is 11.7 Å². The van der Waals surface area contributed by atoms with Gasteiger partial charge in [0, 0.05) is 23.1 Å². The maximum atomic E-state index is 13.8. The number of benzene rings is 2. The van der Waals surface area contributed by atoms with Crippen molar-refractivity contribution in [3.8, 4) is 0 Å². The van der Waals surface area contributed by atoms with Gasteiger partial charge in [-0.1, -0.05) is 6.92 Å². The molecule has 5 nitrogen and oxygen atoms in total. The number of primary amides is 1. The molecule has 1 aliphatic rings. The minimum Gasteiger partial charge on any atom is -0.366 e. The number of aromatic amines is 1. The lowest BCUT2D eigenvalue weighted by Gasteiger charge is -2.32. The van der Waals surface area contributed by atoms with Gasteiger partial charge >= 0.3 is 0 Å². The number of nitrogens with two attached hydrogens (primary N) is 1. The van der Waals surface area contributed by atoms with Crippen LogP contribution in [-0.2, 0) is 0 Å². The molecule has 0 aliphatic heterocycles. The predicted molar refractivity (Wildman–Crippen MR) is 119 cm³/mol. The van der Waals surface area contributed by atoms with Gasteiger partial charge in [-0.15, -0.1) is 0 Å². The Bertz CT molecular complexity index is 1270. The topological polar surface area (TPSA) is 84.7 Å². The van der Waals surface area contributed by atoms with E-state index in [4.69, 9.17) is 10.7 Å². The summed E-state index contributed by atoms with van der Waals surface area (Å²) in [6.45, 7) is 2.22. The number of carbonyl (C=O) groups excluding carboxylic acids is 1. The molecule has 2 aromatic carbocycles. The first kappa shape index (κ1) is 19.7. The van der Waals surface area contributed by atoms with E-state index in [9.17, 15) is 9.18 Å². The average molecular weight is 417 g/mol. The van der Waals surface area contributed by atoms with Crippen LogP contribution in [-0.4, -0.2) is 20.9 Å². The van der Waals surface area contributed by atoms with Crippen LogP contribution in [0.2, 0.25) is 0 Å². The highest BCUT2D eigenvalue weighted by Crippen LogP contribution is 2.43. The molecule has 1 aliphatic carbocycles. The molecule has 1 amide bonds. The van der Waals surface area contributed by atoms with Gasteiger partial charge in [0.1, 0.15) is 11.6 Å². The Kier molecular flexibility index (Phi) is 4.93. The van der Waals surface area contributed by atoms with E-state index in [1.165, 1.54) is 11.6 Å². The molecule has 2 aromatic heterocycles. The first-order valence-electron chi connectivity index (χ1n) is 10.8. The SMILES string of the molecule is C[C@@H](c1nc2cc(C(N)=O)ccc2[nH]1)[C@H]1CC[C@@H](c2ccnc3ccc(F)cc32)CC1. The monoisotopic (exact) mass is 416 g/mol. The number of aromatic nitrogens is 3. The number of imidazole rings is 1. The van der Waals surface area contributed by atoms with E-state index < -0.39 is 5.91 Å². The lowest BCUT2D eigenvalue weighted by Crippen LogP contribution is -2.19. The van der Waals surface area contributed by atoms with E-state index in [1.54, 1.807) is 24.3 Å². The second-order valence-corrected chi connectivity index (χ2v) is 8.68. The van der Waals surface area contributed by atoms with Crippen molar-refractivity contribution in [2.75, 3.05) is 0 Å². The Balaban J connectivity index is 1.33. The number of hydrogen-bond acceptors (Lipinski definition) is 3. The number of rotatable bonds is 4. The molecule has 31 heavy (non-hydrogen) atoms. The van der Waals surface area contributed by atoms with Crippen molar-refractivity contribution < 1.29 is 9.18 Å². The third-order valence-corrected chi connectivity index (χ3v) is 6.87. The largest absolute Gasteiger partial charge is 0.366 e. The number of halogens is 1. The fraction of sp³-hybridized carbons (Fsp3) is 0.320. The van der Waals surface area contributed by atoms with Crippen molar-refractivity contribution in [2.24, 2.45) is 11.7 Å². The third kappa shape index (κ3) is 3.67. The zero-order valence-corrected chi connectivity index (χ0v) is 17.4. The van der Waals surface area contributed by atoms with E-state index in [2.05, 4.69) is 16.9 Å². The quantitative estimate of drug-likeness (QED) is 0.465. The summed E-state index contributed by atoms with van der Waals surface area (Å²) in [4.78, 5) is 24.0. The first-order valence-corrected chi connectivity index (χ1v) is 10.8. The molecular weight excluding hydrogens is 391 g/mol. The highest BCUT2D eigenvalue weighted by atomic mass is 19.1. The molecule has 158 valence electrons. The van der Waals surface area contributed by atoms with Crippen LogP contribution in [0.3, 0.4) is 0 Å². The van der Waals surface area contributed by atoms with Crippen LogP contribution in [0.4, 0.5) is 4.39 Å². The summed E-state index contributed by atoms with van der Waals surface area (Å²) in [7, 11) is 0. The second-order valence-electron chi connectivity index (χ2n) is 8.68. The summed E-state index contributed by atoms with van der Waals surface area (Å²) >= 11 is 0. The summed E-state index contributed by atoms with van der Waals surface area (Å²) in [6, 6.07) is 12.2. The Labute approximate surface area is 179 Å². The van der Waals surface area contributed by atoms with Gasteiger partial charge in [0.2, 0.25) is 5.91 Å². The number of H-pyrrole nitrogens is 1. The first-order chi connectivity index (χ1) is 15.0. The maximum Gasteiger partial charge on any atom is 0.248 e. The lowest BCUT2D eigenvalue weighted by molar-refractivity contribution is 0.100. The average Bonchev–Trinajstić information content (AvgIpc) is 3.21. The van der Waals surface area contributed by atoms with Crippen molar-refractivity contribution in [1.82, 2.24) is 15.0 Å². The van der Waals surface area contributed by atoms with Crippen molar-refractivity contribution in [2.45, 2.75) is 44.4 Å². The number of nitrogens with zero attached hydrogens (tertiary/aromatic N) is 2. The van der Waals surface area contributed by atoms with E-state index in [0.29, 0.717) is 17.4 Å². The Morgan fingerprint density at radius 3 is 2.68 bits per heavy atom. The van der Waals surface area contributed by atoms with Gasteiger partial charge in [0.15, 0.2) is 0 Å². The minimum absolute atomic E-state index is 0.214. The van der Waals surface area contributed by atoms with Gasteiger partial charge in [0.25, 0.3) is 0 Å². The van der Waals surface area contributed by atoms with E-state index in [0.717, 1.165) is 53.4 Å². The Morgan fingerprint density at radius 1 is 1.10 bits per heavy atom. The number of fused-ring (bicyclic) bond motifs is 2. The summed E-state index contributed by atoms with van der Waals surface area (Å²) in [5, 5.41) is 0.932. The standard InChI is InChI=1S/C25H25FN4O/c1-14(25-29-22-8-6-17(24(27)31)12-23(22)30-25)15-2-4-16(5-3-15)19-10-11-28-21-9-7-18(26)13-20(19)21/h6-16H,2-5H2,1H3,(H2,27,31)(H,29,30)/t14-,15-,16+/m1/s1. The van der Waals surface area contributed by atoms with Gasteiger partial charge in [-0.25, -0.2) is 9.37 Å². The number of hydrogen-bond donors (Lipinski definition) is 2. The maximum absolute atomic E-state index is 13.8. The predicted octanol–water partition coefficient (Wildman–Crippen LogP) is 5.43. The smallest absolute Gasteiger partial charge is 0.248 e. The van der Waals surface area contributed by atoms with Gasteiger partial charge in [-0.3, -0.25) is 9.78 Å². The van der Waals surface area contributed by atoms with E-state index >= 15 is 0 Å². The van der Waals surface area contributed by atoms with Crippen LogP contribution in [0.25, 0.3) is 21.9 Å². The summed E-state index contributed by atoms with van der Waals surface area (Å²) in [5.74, 6) is 1.53. The highest BCUT2D eigenvalue weighted by molar-refractivity contribution is 5.96. The van der Waals surface area contributed by atoms with Crippen molar-refractivity contribution >= 4 is 27.8 Å². The lowest BCUT2D eigenvalue weighted by atomic mass is 9.73. The van der Waals surface area contributed by atoms with Crippen LogP contribution < -0.4 is 5.73 Å². The molecule has 1 saturated carbocycles. The number of pyridine rings is 1. The highest BCUT2D eigenvalue weighted by Gasteiger charge is 2.29. The molecule has 0 radical (unpaired) electrons. The van der Waals surface area contributed by atoms with Crippen LogP contribution in [0.15, 0.2) is 48.7 Å². The molecule has 1 atom stereocenters. The molecule has 0 saturated heterocycles. The molecule has 2 heterocycles. The van der Waals surface area contributed by atoms with Gasteiger partial charge in [-0.05, 0) is 85.5 Å². The molecule has 4 aromatic rings. The van der Waals surface area contributed by atoms with Gasteiger partial charge in [0.05, 0.1) is 16.6 Å². The third-order valence-electron chi connectivity index (χ3n) is 6.87. The zero-order valence-electron chi connectivity index (χ0n) is 17.4. The molecule has 5 rings (SSSR count). The second kappa shape index (κ2) is 7.76. The fourth-order valence-corrected chi connectivity index (χ4v) is 5.04. The molecule has 0 spiro atoms. The number of amides is 1. The zero-order chi connectivity index (χ0) is 21.5. The van der Waals surface area contributed by atoms with Crippen LogP contribution >= 0.6 is 0 Å². The van der Waals surface area contributed by atoms with Gasteiger partial charge < -0.3 is 10.7 Å². The van der Waals surface area contributed by atoms with Crippen LogP contribution in [0.1, 0.15) is 66.2 Å². The summed E-state index contributed by atoms with van der Waals surface area (Å²) < 4.78 is 13.8. The Hall–Kier alpha value is -3.28. The van der Waals surface area contributed by atoms with E-state index in [1.807, 2.05) is 18.3 Å². The number of nitrogens with one attached hydrogen (secondary N) is 1. The molecule has 6 heteroatoms. The summed E-state index contributed by atoms with van der Waals surface area (Å²) in [5.41, 5.74) is 9.62. The minimum atomic E-state index is -0.443. The molecule has 0 bridgehead atoms. The molecule has 3 N–H and O–H groups in total.